The topological polar surface area (TPSA) is 500 Å². The molecule has 34 nitrogen and oxygen atoms in total. The molecule has 17 N–H and O–H groups in total. The van der Waals surface area contributed by atoms with Crippen LogP contribution in [0.25, 0.3) is 21.1 Å². The number of aromatic nitrogens is 2. The molecule has 1 aliphatic carbocycles. The summed E-state index contributed by atoms with van der Waals surface area (Å²) in [5.41, 5.74) is 2.43. The van der Waals surface area contributed by atoms with Crippen LogP contribution in [0.2, 0.25) is 0 Å². The van der Waals surface area contributed by atoms with Crippen LogP contribution in [0, 0.1) is 11.8 Å². The van der Waals surface area contributed by atoms with Crippen LogP contribution in [0.4, 0.5) is 10.5 Å². The van der Waals surface area contributed by atoms with Crippen LogP contribution >= 0.6 is 22.5 Å². The van der Waals surface area contributed by atoms with E-state index in [0.717, 1.165) is 83.2 Å². The normalized spacial score (nSPS) is 26.9. The minimum Gasteiger partial charge on any atom is -0.504 e. The Morgan fingerprint density at radius 2 is 1.37 bits per heavy atom. The third-order valence-corrected chi connectivity index (χ3v) is 21.0. The highest BCUT2D eigenvalue weighted by atomic mass is 32.3. The molecule has 5 aliphatic rings. The largest absolute Gasteiger partial charge is 0.504 e. The number of carbonyl (C=O) groups is 8. The maximum absolute atomic E-state index is 15.2. The fourth-order valence-electron chi connectivity index (χ4n) is 13.7. The lowest BCUT2D eigenvalue weighted by Gasteiger charge is -2.42. The number of nitrogens with one attached hydrogen (secondary N) is 5. The average molecular weight is 1500 g/mol. The number of piperazine rings is 1. The first kappa shape index (κ1) is 79.9. The maximum atomic E-state index is 15.2. The summed E-state index contributed by atoms with van der Waals surface area (Å²) in [5, 5.41) is 123. The van der Waals surface area contributed by atoms with Gasteiger partial charge in [-0.05, 0) is 99.0 Å². The second-order valence-corrected chi connectivity index (χ2v) is 29.3. The molecule has 1 saturated carbocycles. The van der Waals surface area contributed by atoms with Gasteiger partial charge in [0.15, 0.2) is 11.5 Å². The number of aliphatic hydroxyl groups is 8. The van der Waals surface area contributed by atoms with Crippen LogP contribution < -0.4 is 35.7 Å². The van der Waals surface area contributed by atoms with Gasteiger partial charge in [-0.2, -0.15) is 0 Å². The van der Waals surface area contributed by atoms with Gasteiger partial charge in [0.1, 0.15) is 52.9 Å². The van der Waals surface area contributed by atoms with Crippen LogP contribution in [0.1, 0.15) is 81.6 Å². The summed E-state index contributed by atoms with van der Waals surface area (Å²) in [6.45, 7) is 7.69. The number of benzene rings is 3. The Kier molecular flexibility index (Phi) is 27.4. The van der Waals surface area contributed by atoms with Crippen LogP contribution in [0.15, 0.2) is 79.4 Å². The number of carbonyl (C=O) groups excluding carboxylic acids is 8. The van der Waals surface area contributed by atoms with Crippen molar-refractivity contribution in [3.63, 3.8) is 0 Å². The van der Waals surface area contributed by atoms with Crippen molar-refractivity contribution in [1.29, 1.82) is 0 Å². The lowest BCUT2D eigenvalue weighted by molar-refractivity contribution is -0.147. The van der Waals surface area contributed by atoms with E-state index in [9.17, 15) is 88.4 Å². The first-order valence-corrected chi connectivity index (χ1v) is 36.7. The van der Waals surface area contributed by atoms with E-state index in [1.54, 1.807) is 12.1 Å². The van der Waals surface area contributed by atoms with Crippen molar-refractivity contribution in [3.8, 4) is 32.6 Å². The minimum atomic E-state index is -4.78. The Morgan fingerprint density at radius 3 is 1.98 bits per heavy atom. The molecule has 8 amide bonds. The Bertz CT molecular complexity index is 3650. The average Bonchev–Trinajstić information content (AvgIpc) is 1.63. The van der Waals surface area contributed by atoms with E-state index in [4.69, 9.17) is 4.74 Å². The molecular formula is C68H94N12O22S2. The number of anilines is 1. The Balaban J connectivity index is 0.991. The SMILES string of the molecule is C=CCOC(=O)N(CC[C@@H](O)[C@@H]1NC(=O)[C@H]([C@H](O)Cc2ccc(O)c(OS(O)(O)O)c2)NC(=O)[C@@H]2C[C@@H](O)CN2C(=O)[C@H]([C@@H](C)O)NC(=O)[C@@H](NC(=O)c2ccc(-c3nnc(-c4ccc(N5CCN(C6CCC(C)CC6)CC5)cc4)s3)cc2)C[C@@H](O)CNC(=O)[C@@H]2[C@@H](O)[C@@H](C)CN2C1=O)C(CO)CO. The minimum absolute atomic E-state index is 0.00933. The molecule has 4 saturated heterocycles. The zero-order valence-corrected chi connectivity index (χ0v) is 59.3. The summed E-state index contributed by atoms with van der Waals surface area (Å²) in [5.74, 6) is -10.2. The predicted octanol–water partition coefficient (Wildman–Crippen LogP) is -0.888. The van der Waals surface area contributed by atoms with Gasteiger partial charge in [0.05, 0.1) is 55.9 Å². The maximum Gasteiger partial charge on any atom is 0.410 e. The molecule has 0 spiro atoms. The molecule has 5 heterocycles. The van der Waals surface area contributed by atoms with Crippen molar-refractivity contribution in [1.82, 2.24) is 56.4 Å². The third-order valence-electron chi connectivity index (χ3n) is 19.6. The second-order valence-electron chi connectivity index (χ2n) is 27.2. The van der Waals surface area contributed by atoms with Gasteiger partial charge in [0, 0.05) is 106 Å². The first-order valence-electron chi connectivity index (χ1n) is 34.5. The number of β-amino-alcohol motifs (C(OH)–C–C–N with tert-alkyl or cyclic N) is 1. The monoisotopic (exact) mass is 1490 g/mol. The number of phenolic OH excluding ortho intramolecular Hbond substituents is 1. The fourth-order valence-corrected chi connectivity index (χ4v) is 14.9. The molecule has 9 rings (SSSR count). The van der Waals surface area contributed by atoms with Crippen molar-refractivity contribution in [2.24, 2.45) is 11.8 Å². The van der Waals surface area contributed by atoms with Gasteiger partial charge in [0.2, 0.25) is 35.4 Å². The molecule has 570 valence electrons. The summed E-state index contributed by atoms with van der Waals surface area (Å²) < 4.78 is 38.7. The standard InChI is InChI=1S/C68H94N12O22S2/c1-5-26-101-68(97)78(45(34-81)35-82)21-20-51(87)56-67(96)80-32-37(3)58(89)57(80)63(94)69-31-46(84)29-48(70-59(90)40-9-11-41(12-10-40)64-74-75-65(103-64)42-13-17-44(18-14-42)77-24-22-76(23-25-77)43-15-6-36(2)7-16-43)60(91)71-54(38(4)83)66(95)79-33-47(85)30-49(79)61(92)72-55(62(93)73-56)52(88)27-39-8-19-50(86)53(28-39)102-104(98,99)100/h5,8-14,17-19,28,36-38,43,45-49,51-52,54-58,81-89,98-100H,1,6-7,15-16,20-27,29-35H2,2-4H3,(H,69,94)(H,70,90)(H,71,91)(H,72,92)(H,73,93)/t36?,37-,38+,43?,46+,47+,48-,49-,51+,52+,54-,55-,56-,57-,58-/m0/s1. The van der Waals surface area contributed by atoms with Gasteiger partial charge in [-0.1, -0.05) is 56.0 Å². The molecule has 36 heteroatoms. The van der Waals surface area contributed by atoms with E-state index in [-0.39, 0.29) is 17.7 Å². The van der Waals surface area contributed by atoms with Crippen molar-refractivity contribution < 1.29 is 107 Å². The van der Waals surface area contributed by atoms with E-state index >= 15 is 9.59 Å². The molecule has 4 aliphatic heterocycles. The fraction of sp³-hybridized carbons (Fsp3) is 0.559. The number of aliphatic hydroxyl groups excluding tert-OH is 8. The van der Waals surface area contributed by atoms with Crippen LogP contribution in [0.3, 0.4) is 0 Å². The van der Waals surface area contributed by atoms with Crippen LogP contribution in [-0.2, 0) is 39.9 Å². The lowest BCUT2D eigenvalue weighted by atomic mass is 9.86. The molecule has 3 aromatic carbocycles. The van der Waals surface area contributed by atoms with Crippen molar-refractivity contribution in [2.45, 2.75) is 157 Å². The van der Waals surface area contributed by atoms with E-state index in [1.165, 1.54) is 62.2 Å². The molecule has 4 aromatic rings. The van der Waals surface area contributed by atoms with Crippen molar-refractivity contribution >= 4 is 75.6 Å². The number of aromatic hydroxyl groups is 1. The second kappa shape index (κ2) is 35.7. The van der Waals surface area contributed by atoms with Crippen LogP contribution in [-0.4, -0.2) is 294 Å². The molecule has 0 bridgehead atoms. The summed E-state index contributed by atoms with van der Waals surface area (Å²) in [4.78, 5) is 124. The van der Waals surface area contributed by atoms with Gasteiger partial charge in [-0.25, -0.2) is 4.79 Å². The zero-order chi connectivity index (χ0) is 75.4. The zero-order valence-electron chi connectivity index (χ0n) is 57.7. The van der Waals surface area contributed by atoms with Gasteiger partial charge in [0.25, 0.3) is 17.1 Å². The number of amides is 8. The number of rotatable bonds is 21. The summed E-state index contributed by atoms with van der Waals surface area (Å²) in [6, 6.07) is 4.38. The number of ether oxygens (including phenoxy) is 1. The highest BCUT2D eigenvalue weighted by Crippen LogP contribution is 2.41. The summed E-state index contributed by atoms with van der Waals surface area (Å²) in [7, 11) is 0. The van der Waals surface area contributed by atoms with Gasteiger partial charge in [-0.15, -0.1) is 10.2 Å². The molecule has 5 fully saturated rings. The van der Waals surface area contributed by atoms with Gasteiger partial charge >= 0.3 is 6.09 Å². The molecule has 13 atom stereocenters. The molecule has 0 unspecified atom stereocenters. The molecule has 0 radical (unpaired) electrons. The Hall–Kier alpha value is -8.21. The van der Waals surface area contributed by atoms with E-state index in [2.05, 4.69) is 76.4 Å². The highest BCUT2D eigenvalue weighted by molar-refractivity contribution is 8.15. The summed E-state index contributed by atoms with van der Waals surface area (Å²) >= 11 is -3.46. The van der Waals surface area contributed by atoms with Gasteiger partial charge in [-0.3, -0.25) is 52.1 Å². The third kappa shape index (κ3) is 20.0. The smallest absolute Gasteiger partial charge is 0.410 e. The van der Waals surface area contributed by atoms with Gasteiger partial charge < -0.3 is 101 Å². The quantitative estimate of drug-likeness (QED) is 0.0450. The van der Waals surface area contributed by atoms with Crippen molar-refractivity contribution in [3.05, 3.63) is 90.5 Å². The number of phenols is 1. The number of hydrogen-bond acceptors (Lipinski definition) is 27. The highest BCUT2D eigenvalue weighted by Gasteiger charge is 2.50. The Labute approximate surface area is 605 Å². The summed E-state index contributed by atoms with van der Waals surface area (Å²) in [6.07, 6.45) is -8.84. The predicted molar refractivity (Wildman–Crippen MR) is 376 cm³/mol. The molecular weight excluding hydrogens is 1400 g/mol. The first-order chi connectivity index (χ1) is 49.4. The van der Waals surface area contributed by atoms with E-state index < -0.39 is 220 Å². The lowest BCUT2D eigenvalue weighted by Crippen LogP contribution is -2.64. The van der Waals surface area contributed by atoms with Crippen LogP contribution in [0.5, 0.6) is 11.5 Å². The van der Waals surface area contributed by atoms with E-state index in [0.29, 0.717) is 21.6 Å². The number of fused-ring (bicyclic) bond motifs is 2. The molecule has 104 heavy (non-hydrogen) atoms. The number of nitrogens with zero attached hydrogens (tertiary/aromatic N) is 7. The Morgan fingerprint density at radius 1 is 0.750 bits per heavy atom. The number of hydrogen-bond donors (Lipinski definition) is 17. The van der Waals surface area contributed by atoms with E-state index in [1.807, 2.05) is 12.1 Å². The van der Waals surface area contributed by atoms with Crippen molar-refractivity contribution in [2.75, 3.05) is 77.1 Å². The molecule has 1 aromatic heterocycles.